The minimum Gasteiger partial charge on any atom is -0.470 e. The Kier molecular flexibility index (Phi) is 3.94. The van der Waals surface area contributed by atoms with Crippen molar-refractivity contribution in [1.29, 1.82) is 0 Å². The van der Waals surface area contributed by atoms with E-state index in [2.05, 4.69) is 26.2 Å². The third-order valence-corrected chi connectivity index (χ3v) is 4.44. The van der Waals surface area contributed by atoms with Gasteiger partial charge in [-0.1, -0.05) is 41.7 Å². The van der Waals surface area contributed by atoms with Crippen LogP contribution in [-0.2, 0) is 4.74 Å². The summed E-state index contributed by atoms with van der Waals surface area (Å²) >= 11 is 4.68. The Bertz CT molecular complexity index is 699. The Morgan fingerprint density at radius 1 is 1.43 bits per heavy atom. The highest BCUT2D eigenvalue weighted by Gasteiger charge is 2.27. The number of anilines is 1. The number of hydrogen-bond acceptors (Lipinski definition) is 4. The van der Waals surface area contributed by atoms with Gasteiger partial charge in [0.25, 0.3) is 0 Å². The number of nitrogens with zero attached hydrogens (tertiary/aromatic N) is 2. The molecular weight excluding hydrogens is 354 g/mol. The number of halogens is 1. The molecule has 0 saturated carbocycles. The van der Waals surface area contributed by atoms with Gasteiger partial charge in [-0.15, -0.1) is 0 Å². The lowest BCUT2D eigenvalue weighted by Crippen LogP contribution is -2.31. The molecule has 0 fully saturated rings. The van der Waals surface area contributed by atoms with Crippen molar-refractivity contribution >= 4 is 44.2 Å². The van der Waals surface area contributed by atoms with Crippen LogP contribution in [0.15, 0.2) is 46.0 Å². The maximum atomic E-state index is 12.3. The SMILES string of the molecule is CC1=C(c2ccccc2)OCN1C(=O)Nc1ncc(Br)s1. The van der Waals surface area contributed by atoms with Crippen LogP contribution in [0.2, 0.25) is 0 Å². The Hall–Kier alpha value is -1.86. The molecule has 108 valence electrons. The molecule has 21 heavy (non-hydrogen) atoms. The summed E-state index contributed by atoms with van der Waals surface area (Å²) in [6, 6.07) is 9.49. The van der Waals surface area contributed by atoms with Crippen molar-refractivity contribution in [2.75, 3.05) is 12.0 Å². The molecule has 1 aromatic carbocycles. The fraction of sp³-hybridized carbons (Fsp3) is 0.143. The van der Waals surface area contributed by atoms with E-state index in [0.29, 0.717) is 5.13 Å². The van der Waals surface area contributed by atoms with Crippen molar-refractivity contribution < 1.29 is 9.53 Å². The van der Waals surface area contributed by atoms with Crippen molar-refractivity contribution in [2.24, 2.45) is 0 Å². The standard InChI is InChI=1S/C14H12BrN3O2S/c1-9-12(10-5-3-2-4-6-10)20-8-18(9)14(19)17-13-16-7-11(15)21-13/h2-7H,8H2,1H3,(H,16,17,19). The highest BCUT2D eigenvalue weighted by atomic mass is 79.9. The first-order chi connectivity index (χ1) is 10.1. The lowest BCUT2D eigenvalue weighted by atomic mass is 10.1. The molecule has 0 radical (unpaired) electrons. The van der Waals surface area contributed by atoms with Gasteiger partial charge in [0.2, 0.25) is 0 Å². The van der Waals surface area contributed by atoms with Gasteiger partial charge in [-0.3, -0.25) is 10.2 Å². The second-order valence-corrected chi connectivity index (χ2v) is 6.79. The van der Waals surface area contributed by atoms with Gasteiger partial charge < -0.3 is 4.74 Å². The minimum absolute atomic E-state index is 0.203. The summed E-state index contributed by atoms with van der Waals surface area (Å²) in [6.07, 6.45) is 1.65. The van der Waals surface area contributed by atoms with Crippen LogP contribution in [0, 0.1) is 0 Å². The van der Waals surface area contributed by atoms with Crippen LogP contribution in [0.4, 0.5) is 9.93 Å². The van der Waals surface area contributed by atoms with Crippen LogP contribution in [0.25, 0.3) is 5.76 Å². The third-order valence-electron chi connectivity index (χ3n) is 3.04. The molecule has 3 rings (SSSR count). The minimum atomic E-state index is -0.250. The maximum absolute atomic E-state index is 12.3. The van der Waals surface area contributed by atoms with E-state index in [4.69, 9.17) is 4.74 Å². The molecular formula is C14H12BrN3O2S. The number of hydrogen-bond donors (Lipinski definition) is 1. The number of allylic oxidation sites excluding steroid dienone is 1. The number of rotatable bonds is 2. The van der Waals surface area contributed by atoms with E-state index in [9.17, 15) is 4.79 Å². The van der Waals surface area contributed by atoms with E-state index in [1.165, 1.54) is 11.3 Å². The van der Waals surface area contributed by atoms with Crippen LogP contribution < -0.4 is 5.32 Å². The lowest BCUT2D eigenvalue weighted by molar-refractivity contribution is 0.179. The molecule has 0 aliphatic carbocycles. The topological polar surface area (TPSA) is 54.5 Å². The summed E-state index contributed by atoms with van der Waals surface area (Å²) in [5.41, 5.74) is 1.75. The smallest absolute Gasteiger partial charge is 0.330 e. The summed E-state index contributed by atoms with van der Waals surface area (Å²) in [7, 11) is 0. The molecule has 5 nitrogen and oxygen atoms in total. The fourth-order valence-electron chi connectivity index (χ4n) is 2.02. The first kappa shape index (κ1) is 14.1. The number of carbonyl (C=O) groups excluding carboxylic acids is 1. The number of urea groups is 1. The van der Waals surface area contributed by atoms with Crippen molar-refractivity contribution in [3.05, 3.63) is 51.6 Å². The van der Waals surface area contributed by atoms with E-state index < -0.39 is 0 Å². The number of ether oxygens (including phenoxy) is 1. The van der Waals surface area contributed by atoms with Gasteiger partial charge in [-0.25, -0.2) is 9.78 Å². The monoisotopic (exact) mass is 365 g/mol. The van der Waals surface area contributed by atoms with E-state index in [0.717, 1.165) is 20.8 Å². The maximum Gasteiger partial charge on any atom is 0.330 e. The summed E-state index contributed by atoms with van der Waals surface area (Å²) in [5.74, 6) is 0.728. The zero-order chi connectivity index (χ0) is 14.8. The molecule has 0 spiro atoms. The second kappa shape index (κ2) is 5.87. The van der Waals surface area contributed by atoms with Crippen LogP contribution in [0.5, 0.6) is 0 Å². The van der Waals surface area contributed by atoms with Crippen molar-refractivity contribution in [2.45, 2.75) is 6.92 Å². The summed E-state index contributed by atoms with van der Waals surface area (Å²) in [5, 5.41) is 3.31. The van der Waals surface area contributed by atoms with E-state index in [-0.39, 0.29) is 12.8 Å². The molecule has 0 atom stereocenters. The van der Waals surface area contributed by atoms with Gasteiger partial charge in [-0.05, 0) is 22.9 Å². The molecule has 2 heterocycles. The van der Waals surface area contributed by atoms with Gasteiger partial charge in [0.05, 0.1) is 15.7 Å². The molecule has 1 aliphatic rings. The fourth-order valence-corrected chi connectivity index (χ4v) is 3.11. The zero-order valence-corrected chi connectivity index (χ0v) is 13.6. The predicted molar refractivity (Wildman–Crippen MR) is 85.7 cm³/mol. The predicted octanol–water partition coefficient (Wildman–Crippen LogP) is 4.12. The van der Waals surface area contributed by atoms with E-state index in [1.807, 2.05) is 37.3 Å². The molecule has 1 N–H and O–H groups in total. The number of nitrogens with one attached hydrogen (secondary N) is 1. The van der Waals surface area contributed by atoms with E-state index >= 15 is 0 Å². The Morgan fingerprint density at radius 3 is 2.86 bits per heavy atom. The molecule has 7 heteroatoms. The number of carbonyl (C=O) groups is 1. The van der Waals surface area contributed by atoms with Crippen LogP contribution in [-0.4, -0.2) is 22.6 Å². The molecule has 1 aliphatic heterocycles. The van der Waals surface area contributed by atoms with Crippen molar-refractivity contribution in [3.8, 4) is 0 Å². The van der Waals surface area contributed by atoms with Crippen LogP contribution in [0.3, 0.4) is 0 Å². The number of benzene rings is 1. The number of thiazole rings is 1. The first-order valence-electron chi connectivity index (χ1n) is 6.24. The number of amides is 2. The van der Waals surface area contributed by atoms with Gasteiger partial charge in [0.15, 0.2) is 11.9 Å². The van der Waals surface area contributed by atoms with E-state index in [1.54, 1.807) is 11.1 Å². The number of aromatic nitrogens is 1. The molecule has 1 aromatic heterocycles. The highest BCUT2D eigenvalue weighted by Crippen LogP contribution is 2.29. The normalized spacial score (nSPS) is 14.3. The van der Waals surface area contributed by atoms with Gasteiger partial charge in [0, 0.05) is 5.56 Å². The van der Waals surface area contributed by atoms with Crippen molar-refractivity contribution in [3.63, 3.8) is 0 Å². The van der Waals surface area contributed by atoms with Crippen molar-refractivity contribution in [1.82, 2.24) is 9.88 Å². The molecule has 2 amide bonds. The summed E-state index contributed by atoms with van der Waals surface area (Å²) < 4.78 is 6.51. The Morgan fingerprint density at radius 2 is 2.19 bits per heavy atom. The quantitative estimate of drug-likeness (QED) is 0.870. The molecule has 0 saturated heterocycles. The molecule has 0 bridgehead atoms. The summed E-state index contributed by atoms with van der Waals surface area (Å²) in [4.78, 5) is 17.9. The average molecular weight is 366 g/mol. The largest absolute Gasteiger partial charge is 0.470 e. The Balaban J connectivity index is 1.78. The molecule has 0 unspecified atom stereocenters. The van der Waals surface area contributed by atoms with Gasteiger partial charge in [-0.2, -0.15) is 0 Å². The third kappa shape index (κ3) is 2.93. The van der Waals surface area contributed by atoms with Crippen LogP contribution in [0.1, 0.15) is 12.5 Å². The first-order valence-corrected chi connectivity index (χ1v) is 7.85. The zero-order valence-electron chi connectivity index (χ0n) is 11.2. The highest BCUT2D eigenvalue weighted by molar-refractivity contribution is 9.11. The lowest BCUT2D eigenvalue weighted by Gasteiger charge is -2.14. The average Bonchev–Trinajstić information content (AvgIpc) is 3.06. The van der Waals surface area contributed by atoms with Gasteiger partial charge >= 0.3 is 6.03 Å². The van der Waals surface area contributed by atoms with Gasteiger partial charge in [0.1, 0.15) is 5.76 Å². The Labute approximate surface area is 134 Å². The van der Waals surface area contributed by atoms with Crippen LogP contribution >= 0.6 is 27.3 Å². The molecule has 2 aromatic rings. The second-order valence-electron chi connectivity index (χ2n) is 4.38. The summed E-state index contributed by atoms with van der Waals surface area (Å²) in [6.45, 7) is 2.07.